The van der Waals surface area contributed by atoms with E-state index in [9.17, 15) is 22.8 Å². The van der Waals surface area contributed by atoms with Crippen molar-refractivity contribution in [1.29, 1.82) is 0 Å². The Morgan fingerprint density at radius 3 is 1.97 bits per heavy atom. The third-order valence-corrected chi connectivity index (χ3v) is 7.52. The maximum atomic E-state index is 13.4. The van der Waals surface area contributed by atoms with Gasteiger partial charge < -0.3 is 9.73 Å². The fourth-order valence-corrected chi connectivity index (χ4v) is 5.93. The van der Waals surface area contributed by atoms with Gasteiger partial charge in [-0.2, -0.15) is 13.2 Å². The smallest absolute Gasteiger partial charge is 0.416 e. The summed E-state index contributed by atoms with van der Waals surface area (Å²) < 4.78 is 46.1. The molecule has 3 aliphatic rings. The quantitative estimate of drug-likeness (QED) is 0.446. The Bertz CT molecular complexity index is 1310. The molecule has 0 spiro atoms. The van der Waals surface area contributed by atoms with Crippen LogP contribution < -0.4 is 5.32 Å². The molecule has 1 aromatic heterocycles. The predicted octanol–water partition coefficient (Wildman–Crippen LogP) is 7.59. The molecule has 8 heteroatoms. The van der Waals surface area contributed by atoms with E-state index in [4.69, 9.17) is 16.0 Å². The predicted molar refractivity (Wildman–Crippen MR) is 130 cm³/mol. The molecule has 0 unspecified atom stereocenters. The summed E-state index contributed by atoms with van der Waals surface area (Å²) in [7, 11) is 0. The summed E-state index contributed by atoms with van der Waals surface area (Å²) in [5, 5.41) is 3.54. The third kappa shape index (κ3) is 4.32. The number of allylic oxidation sites excluding steroid dienone is 4. The van der Waals surface area contributed by atoms with Gasteiger partial charge >= 0.3 is 6.18 Å². The Hall–Kier alpha value is -2.80. The molecule has 1 aromatic carbocycles. The van der Waals surface area contributed by atoms with Gasteiger partial charge in [0.15, 0.2) is 11.6 Å². The van der Waals surface area contributed by atoms with E-state index in [0.717, 1.165) is 23.5 Å². The van der Waals surface area contributed by atoms with E-state index in [1.807, 2.05) is 27.7 Å². The van der Waals surface area contributed by atoms with Crippen molar-refractivity contribution in [2.24, 2.45) is 10.8 Å². The van der Waals surface area contributed by atoms with Gasteiger partial charge in [0.2, 0.25) is 0 Å². The van der Waals surface area contributed by atoms with Crippen molar-refractivity contribution in [2.45, 2.75) is 65.5 Å². The molecular formula is C28H27ClF3NO3. The van der Waals surface area contributed by atoms with E-state index in [0.29, 0.717) is 42.6 Å². The van der Waals surface area contributed by atoms with Crippen LogP contribution in [0.1, 0.15) is 70.6 Å². The molecule has 5 rings (SSSR count). The lowest BCUT2D eigenvalue weighted by molar-refractivity contribution is -0.137. The Labute approximate surface area is 212 Å². The van der Waals surface area contributed by atoms with Crippen LogP contribution in [0, 0.1) is 10.8 Å². The standard InChI is InChI=1S/C28H27ClF3NO3/c1-26(2)10-17-23(19(34)12-26)25(24-18(33-17)11-27(3,4)13-20(24)35)22-8-7-21(36-22)15-9-14(28(30,31)32)5-6-16(15)29/h5-9,25,33H,10-13H2,1-4H3. The molecule has 0 atom stereocenters. The van der Waals surface area contributed by atoms with Crippen molar-refractivity contribution in [2.75, 3.05) is 0 Å². The number of dihydropyridines is 1. The number of Topliss-reactive ketones (excluding diaryl/α,β-unsaturated/α-hetero) is 2. The highest BCUT2D eigenvalue weighted by molar-refractivity contribution is 6.33. The van der Waals surface area contributed by atoms with Crippen LogP contribution in [0.4, 0.5) is 13.2 Å². The summed E-state index contributed by atoms with van der Waals surface area (Å²) in [6.45, 7) is 8.13. The van der Waals surface area contributed by atoms with Gasteiger partial charge in [-0.1, -0.05) is 39.3 Å². The molecule has 0 amide bonds. The lowest BCUT2D eigenvalue weighted by Crippen LogP contribution is -2.42. The zero-order chi connectivity index (χ0) is 26.2. The molecule has 0 radical (unpaired) electrons. The second kappa shape index (κ2) is 8.10. The molecule has 4 nitrogen and oxygen atoms in total. The summed E-state index contributed by atoms with van der Waals surface area (Å²) in [5.41, 5.74) is 1.39. The third-order valence-electron chi connectivity index (χ3n) is 7.19. The largest absolute Gasteiger partial charge is 0.460 e. The van der Waals surface area contributed by atoms with Gasteiger partial charge in [0.1, 0.15) is 11.5 Å². The average Bonchev–Trinajstić information content (AvgIpc) is 3.19. The minimum Gasteiger partial charge on any atom is -0.460 e. The minimum absolute atomic E-state index is 0.0574. The van der Waals surface area contributed by atoms with Crippen LogP contribution in [-0.4, -0.2) is 11.6 Å². The number of benzene rings is 1. The number of carbonyl (C=O) groups is 2. The van der Waals surface area contributed by atoms with E-state index in [-0.39, 0.29) is 38.7 Å². The highest BCUT2D eigenvalue weighted by Crippen LogP contribution is 2.51. The van der Waals surface area contributed by atoms with Crippen LogP contribution >= 0.6 is 11.6 Å². The summed E-state index contributed by atoms with van der Waals surface area (Å²) in [5.74, 6) is -0.324. The van der Waals surface area contributed by atoms with Crippen molar-refractivity contribution < 1.29 is 27.2 Å². The fourth-order valence-electron chi connectivity index (χ4n) is 5.72. The highest BCUT2D eigenvalue weighted by atomic mass is 35.5. The van der Waals surface area contributed by atoms with Crippen LogP contribution in [0.25, 0.3) is 11.3 Å². The molecule has 1 aliphatic heterocycles. The van der Waals surface area contributed by atoms with Crippen LogP contribution in [0.5, 0.6) is 0 Å². The van der Waals surface area contributed by atoms with Crippen LogP contribution in [0.15, 0.2) is 57.3 Å². The number of carbonyl (C=O) groups excluding carboxylic acids is 2. The first-order chi connectivity index (χ1) is 16.7. The van der Waals surface area contributed by atoms with Crippen LogP contribution in [0.2, 0.25) is 5.02 Å². The van der Waals surface area contributed by atoms with E-state index in [2.05, 4.69) is 5.32 Å². The summed E-state index contributed by atoms with van der Waals surface area (Å²) in [6, 6.07) is 6.24. The molecule has 2 aromatic rings. The Balaban J connectivity index is 1.65. The zero-order valence-electron chi connectivity index (χ0n) is 20.5. The summed E-state index contributed by atoms with van der Waals surface area (Å²) in [6.07, 6.45) is -2.59. The van der Waals surface area contributed by atoms with Gasteiger partial charge in [0.25, 0.3) is 0 Å². The Morgan fingerprint density at radius 2 is 1.44 bits per heavy atom. The minimum atomic E-state index is -4.54. The first-order valence-corrected chi connectivity index (χ1v) is 12.3. The van der Waals surface area contributed by atoms with Crippen molar-refractivity contribution in [3.63, 3.8) is 0 Å². The normalized spacial score (nSPS) is 21.9. The lowest BCUT2D eigenvalue weighted by atomic mass is 9.65. The molecular weight excluding hydrogens is 491 g/mol. The molecule has 1 N–H and O–H groups in total. The molecule has 2 heterocycles. The summed E-state index contributed by atoms with van der Waals surface area (Å²) in [4.78, 5) is 26.8. The van der Waals surface area contributed by atoms with Crippen molar-refractivity contribution in [3.05, 3.63) is 69.2 Å². The summed E-state index contributed by atoms with van der Waals surface area (Å²) >= 11 is 6.24. The van der Waals surface area contributed by atoms with E-state index in [1.54, 1.807) is 12.1 Å². The van der Waals surface area contributed by atoms with Gasteiger partial charge in [-0.3, -0.25) is 9.59 Å². The van der Waals surface area contributed by atoms with Gasteiger partial charge in [0.05, 0.1) is 16.5 Å². The second-order valence-electron chi connectivity index (χ2n) is 11.6. The van der Waals surface area contributed by atoms with Crippen molar-refractivity contribution in [3.8, 4) is 11.3 Å². The molecule has 0 saturated carbocycles. The maximum Gasteiger partial charge on any atom is 0.416 e. The van der Waals surface area contributed by atoms with Gasteiger partial charge in [-0.25, -0.2) is 0 Å². The SMILES string of the molecule is CC1(C)CC(=O)C2=C(C1)NC1=C(C(=O)CC(C)(C)C1)C2c1ccc(-c2cc(C(F)(F)F)ccc2Cl)o1. The Kier molecular flexibility index (Phi) is 5.60. The lowest BCUT2D eigenvalue weighted by Gasteiger charge is -2.43. The fraction of sp³-hybridized carbons (Fsp3) is 0.429. The number of hydrogen-bond donors (Lipinski definition) is 1. The highest BCUT2D eigenvalue weighted by Gasteiger charge is 2.47. The molecule has 2 aliphatic carbocycles. The first kappa shape index (κ1) is 24.9. The number of rotatable bonds is 2. The Morgan fingerprint density at radius 1 is 0.889 bits per heavy atom. The zero-order valence-corrected chi connectivity index (χ0v) is 21.3. The number of furan rings is 1. The molecule has 0 fully saturated rings. The first-order valence-electron chi connectivity index (χ1n) is 11.9. The number of hydrogen-bond acceptors (Lipinski definition) is 4. The topological polar surface area (TPSA) is 59.3 Å². The van der Waals surface area contributed by atoms with E-state index < -0.39 is 17.7 Å². The van der Waals surface area contributed by atoms with E-state index >= 15 is 0 Å². The molecule has 36 heavy (non-hydrogen) atoms. The number of ketones is 2. The molecule has 0 bridgehead atoms. The van der Waals surface area contributed by atoms with Gasteiger partial charge in [-0.15, -0.1) is 0 Å². The van der Waals surface area contributed by atoms with Crippen LogP contribution in [0.3, 0.4) is 0 Å². The monoisotopic (exact) mass is 517 g/mol. The van der Waals surface area contributed by atoms with E-state index in [1.165, 1.54) is 6.07 Å². The molecule has 0 saturated heterocycles. The van der Waals surface area contributed by atoms with Gasteiger partial charge in [-0.05, 0) is 54.0 Å². The number of halogens is 4. The number of nitrogens with one attached hydrogen (secondary N) is 1. The second-order valence-corrected chi connectivity index (χ2v) is 12.0. The van der Waals surface area contributed by atoms with Crippen LogP contribution in [-0.2, 0) is 15.8 Å². The average molecular weight is 518 g/mol. The molecule has 190 valence electrons. The van der Waals surface area contributed by atoms with Gasteiger partial charge in [0, 0.05) is 40.9 Å². The number of alkyl halides is 3. The maximum absolute atomic E-state index is 13.4. The van der Waals surface area contributed by atoms with Crippen molar-refractivity contribution >= 4 is 23.2 Å². The van der Waals surface area contributed by atoms with Crippen molar-refractivity contribution in [1.82, 2.24) is 5.32 Å².